The number of anilines is 2. The second kappa shape index (κ2) is 9.09. The van der Waals surface area contributed by atoms with Gasteiger partial charge in [0.25, 0.3) is 11.8 Å². The maximum Gasteiger partial charge on any atom is 0.282 e. The molecule has 174 valence electrons. The highest BCUT2D eigenvalue weighted by molar-refractivity contribution is 6.46. The van der Waals surface area contributed by atoms with Crippen molar-refractivity contribution in [2.24, 2.45) is 0 Å². The Labute approximate surface area is 196 Å². The predicted molar refractivity (Wildman–Crippen MR) is 128 cm³/mol. The van der Waals surface area contributed by atoms with Crippen LogP contribution in [-0.2, 0) is 9.59 Å². The summed E-state index contributed by atoms with van der Waals surface area (Å²) >= 11 is 0. The predicted octanol–water partition coefficient (Wildman–Crippen LogP) is 5.77. The number of halogens is 2. The molecule has 0 saturated carbocycles. The second-order valence-corrected chi connectivity index (χ2v) is 8.41. The zero-order valence-electron chi connectivity index (χ0n) is 19.3. The highest BCUT2D eigenvalue weighted by atomic mass is 19.1. The van der Waals surface area contributed by atoms with E-state index in [1.54, 1.807) is 36.4 Å². The molecule has 0 fully saturated rings. The molecule has 3 aromatic rings. The van der Waals surface area contributed by atoms with Crippen molar-refractivity contribution < 1.29 is 23.1 Å². The molecule has 1 aliphatic rings. The molecule has 0 bridgehead atoms. The van der Waals surface area contributed by atoms with Crippen LogP contribution in [0, 0.1) is 25.5 Å². The van der Waals surface area contributed by atoms with Crippen LogP contribution >= 0.6 is 0 Å². The highest BCUT2D eigenvalue weighted by Crippen LogP contribution is 2.36. The van der Waals surface area contributed by atoms with Crippen LogP contribution in [0.2, 0.25) is 0 Å². The van der Waals surface area contributed by atoms with Gasteiger partial charge in [-0.15, -0.1) is 0 Å². The van der Waals surface area contributed by atoms with Gasteiger partial charge in [0.05, 0.1) is 17.4 Å². The first-order chi connectivity index (χ1) is 16.2. The molecule has 4 rings (SSSR count). The van der Waals surface area contributed by atoms with Gasteiger partial charge in [-0.3, -0.25) is 9.59 Å². The Morgan fingerprint density at radius 2 is 1.56 bits per heavy atom. The van der Waals surface area contributed by atoms with Gasteiger partial charge in [0.15, 0.2) is 0 Å². The van der Waals surface area contributed by atoms with Gasteiger partial charge >= 0.3 is 0 Å². The minimum absolute atomic E-state index is 0.00153. The van der Waals surface area contributed by atoms with Crippen molar-refractivity contribution in [1.82, 2.24) is 0 Å². The summed E-state index contributed by atoms with van der Waals surface area (Å²) in [4.78, 5) is 27.5. The van der Waals surface area contributed by atoms with Gasteiger partial charge in [-0.05, 0) is 80.8 Å². The monoisotopic (exact) mass is 462 g/mol. The molecule has 0 spiro atoms. The Morgan fingerprint density at radius 1 is 0.853 bits per heavy atom. The van der Waals surface area contributed by atoms with Crippen molar-refractivity contribution in [1.29, 1.82) is 0 Å². The fraction of sp³-hybridized carbons (Fsp3) is 0.185. The standard InChI is InChI=1S/C27H24F2N2O3/c1-15(2)34-21-10-8-20(9-11-21)30-25-24(18-6-5-16(3)17(4)13-18)26(32)31(27(25)33)23-14-19(28)7-12-22(23)29/h5-15,30H,1-4H3. The number of hydrogen-bond donors (Lipinski definition) is 1. The van der Waals surface area contributed by atoms with Crippen LogP contribution in [-0.4, -0.2) is 17.9 Å². The quantitative estimate of drug-likeness (QED) is 0.473. The Kier molecular flexibility index (Phi) is 6.20. The Bertz CT molecular complexity index is 1310. The van der Waals surface area contributed by atoms with Crippen LogP contribution in [0.15, 0.2) is 66.4 Å². The van der Waals surface area contributed by atoms with E-state index in [2.05, 4.69) is 5.32 Å². The lowest BCUT2D eigenvalue weighted by Crippen LogP contribution is -2.33. The van der Waals surface area contributed by atoms with E-state index in [0.717, 1.165) is 29.3 Å². The van der Waals surface area contributed by atoms with Gasteiger partial charge in [0, 0.05) is 11.8 Å². The van der Waals surface area contributed by atoms with E-state index in [1.165, 1.54) is 0 Å². The first-order valence-electron chi connectivity index (χ1n) is 10.8. The molecule has 0 unspecified atom stereocenters. The number of benzene rings is 3. The van der Waals surface area contributed by atoms with Crippen molar-refractivity contribution in [2.45, 2.75) is 33.8 Å². The number of nitrogens with one attached hydrogen (secondary N) is 1. The lowest BCUT2D eigenvalue weighted by Gasteiger charge is -2.16. The molecule has 7 heteroatoms. The molecule has 34 heavy (non-hydrogen) atoms. The molecule has 0 saturated heterocycles. The summed E-state index contributed by atoms with van der Waals surface area (Å²) in [6.07, 6.45) is 0.00153. The maximum absolute atomic E-state index is 14.6. The molecule has 1 heterocycles. The number of rotatable bonds is 6. The average Bonchev–Trinajstić information content (AvgIpc) is 3.02. The molecule has 3 aromatic carbocycles. The lowest BCUT2D eigenvalue weighted by molar-refractivity contribution is -0.120. The van der Waals surface area contributed by atoms with Crippen molar-refractivity contribution in [3.63, 3.8) is 0 Å². The minimum atomic E-state index is -0.876. The normalized spacial score (nSPS) is 13.8. The fourth-order valence-corrected chi connectivity index (χ4v) is 3.72. The Morgan fingerprint density at radius 3 is 2.21 bits per heavy atom. The largest absolute Gasteiger partial charge is 0.491 e. The molecule has 1 N–H and O–H groups in total. The maximum atomic E-state index is 14.6. The average molecular weight is 462 g/mol. The van der Waals surface area contributed by atoms with E-state index in [9.17, 15) is 18.4 Å². The molecule has 0 radical (unpaired) electrons. The van der Waals surface area contributed by atoms with E-state index >= 15 is 0 Å². The zero-order valence-corrected chi connectivity index (χ0v) is 19.3. The summed E-state index contributed by atoms with van der Waals surface area (Å²) < 4.78 is 34.1. The van der Waals surface area contributed by atoms with Crippen molar-refractivity contribution >= 4 is 28.8 Å². The van der Waals surface area contributed by atoms with Crippen LogP contribution in [0.5, 0.6) is 5.75 Å². The van der Waals surface area contributed by atoms with Gasteiger partial charge < -0.3 is 10.1 Å². The number of ether oxygens (including phenoxy) is 1. The van der Waals surface area contributed by atoms with Crippen LogP contribution in [0.3, 0.4) is 0 Å². The molecule has 0 aromatic heterocycles. The first kappa shape index (κ1) is 23.2. The smallest absolute Gasteiger partial charge is 0.282 e. The molecule has 2 amide bonds. The van der Waals surface area contributed by atoms with Gasteiger partial charge in [-0.1, -0.05) is 18.2 Å². The van der Waals surface area contributed by atoms with Gasteiger partial charge in [-0.25, -0.2) is 13.7 Å². The van der Waals surface area contributed by atoms with E-state index in [0.29, 0.717) is 21.9 Å². The minimum Gasteiger partial charge on any atom is -0.491 e. The fourth-order valence-electron chi connectivity index (χ4n) is 3.72. The molecular formula is C27H24F2N2O3. The summed E-state index contributed by atoms with van der Waals surface area (Å²) in [7, 11) is 0. The van der Waals surface area contributed by atoms with Crippen LogP contribution < -0.4 is 15.0 Å². The molecule has 5 nitrogen and oxygen atoms in total. The van der Waals surface area contributed by atoms with Gasteiger partial charge in [-0.2, -0.15) is 0 Å². The number of carbonyl (C=O) groups excluding carboxylic acids is 2. The van der Waals surface area contributed by atoms with Gasteiger partial charge in [0.2, 0.25) is 0 Å². The second-order valence-electron chi connectivity index (χ2n) is 8.41. The lowest BCUT2D eigenvalue weighted by atomic mass is 9.99. The van der Waals surface area contributed by atoms with Crippen molar-refractivity contribution in [3.05, 3.63) is 94.7 Å². The van der Waals surface area contributed by atoms with Gasteiger partial charge in [0.1, 0.15) is 23.1 Å². The molecular weight excluding hydrogens is 438 g/mol. The number of imide groups is 1. The van der Waals surface area contributed by atoms with E-state index in [-0.39, 0.29) is 17.4 Å². The third kappa shape index (κ3) is 4.41. The Balaban J connectivity index is 1.79. The number of aryl methyl sites for hydroxylation is 2. The number of amides is 2. The van der Waals surface area contributed by atoms with Crippen LogP contribution in [0.1, 0.15) is 30.5 Å². The third-order valence-electron chi connectivity index (χ3n) is 5.52. The van der Waals surface area contributed by atoms with E-state index < -0.39 is 29.1 Å². The number of carbonyl (C=O) groups is 2. The van der Waals surface area contributed by atoms with Crippen molar-refractivity contribution in [3.8, 4) is 5.75 Å². The molecule has 0 aliphatic carbocycles. The highest BCUT2D eigenvalue weighted by Gasteiger charge is 2.41. The van der Waals surface area contributed by atoms with Crippen LogP contribution in [0.25, 0.3) is 5.57 Å². The summed E-state index contributed by atoms with van der Waals surface area (Å²) in [6, 6.07) is 14.9. The SMILES string of the molecule is Cc1ccc(C2=C(Nc3ccc(OC(C)C)cc3)C(=O)N(c3cc(F)ccc3F)C2=O)cc1C. The number of nitrogens with zero attached hydrogens (tertiary/aromatic N) is 1. The summed E-state index contributed by atoms with van der Waals surface area (Å²) in [6.45, 7) is 7.65. The Hall–Kier alpha value is -4.00. The topological polar surface area (TPSA) is 58.6 Å². The number of hydrogen-bond acceptors (Lipinski definition) is 4. The third-order valence-corrected chi connectivity index (χ3v) is 5.52. The molecule has 0 atom stereocenters. The first-order valence-corrected chi connectivity index (χ1v) is 10.8. The van der Waals surface area contributed by atoms with Crippen LogP contribution in [0.4, 0.5) is 20.2 Å². The van der Waals surface area contributed by atoms with E-state index in [1.807, 2.05) is 33.8 Å². The zero-order chi connectivity index (χ0) is 24.6. The summed E-state index contributed by atoms with van der Waals surface area (Å²) in [5, 5.41) is 3.01. The summed E-state index contributed by atoms with van der Waals surface area (Å²) in [5.41, 5.74) is 2.61. The summed E-state index contributed by atoms with van der Waals surface area (Å²) in [5.74, 6) is -2.49. The molecule has 1 aliphatic heterocycles. The van der Waals surface area contributed by atoms with Crippen molar-refractivity contribution in [2.75, 3.05) is 10.2 Å². The van der Waals surface area contributed by atoms with E-state index in [4.69, 9.17) is 4.74 Å².